The molecule has 0 spiro atoms. The summed E-state index contributed by atoms with van der Waals surface area (Å²) in [5.74, 6) is 1.70. The highest BCUT2D eigenvalue weighted by Crippen LogP contribution is 2.30. The first-order valence-corrected chi connectivity index (χ1v) is 10.6. The van der Waals surface area contributed by atoms with Crippen LogP contribution in [0, 0.1) is 0 Å². The molecule has 6 nitrogen and oxygen atoms in total. The molecule has 0 saturated heterocycles. The lowest BCUT2D eigenvalue weighted by atomic mass is 10.1. The number of aliphatic hydroxyl groups is 1. The van der Waals surface area contributed by atoms with Gasteiger partial charge in [0.05, 0.1) is 19.3 Å². The molecular formula is C24H22N2O4S. The quantitative estimate of drug-likeness (QED) is 0.345. The van der Waals surface area contributed by atoms with Crippen LogP contribution in [0.25, 0.3) is 10.1 Å². The summed E-state index contributed by atoms with van der Waals surface area (Å²) < 4.78 is 12.2. The van der Waals surface area contributed by atoms with Crippen molar-refractivity contribution in [3.8, 4) is 17.2 Å². The van der Waals surface area contributed by atoms with Crippen LogP contribution in [-0.4, -0.2) is 30.9 Å². The lowest BCUT2D eigenvalue weighted by Gasteiger charge is -2.18. The topological polar surface area (TPSA) is 79.8 Å². The fraction of sp³-hybridized carbons (Fsp3) is 0.125. The van der Waals surface area contributed by atoms with Gasteiger partial charge in [0.1, 0.15) is 17.7 Å². The molecule has 1 aromatic heterocycles. The van der Waals surface area contributed by atoms with Gasteiger partial charge in [0, 0.05) is 10.3 Å². The second kappa shape index (κ2) is 9.51. The normalized spacial score (nSPS) is 11.7. The van der Waals surface area contributed by atoms with Crippen molar-refractivity contribution in [3.63, 3.8) is 0 Å². The average Bonchev–Trinajstić information content (AvgIpc) is 3.27. The minimum Gasteiger partial charge on any atom is -0.497 e. The summed E-state index contributed by atoms with van der Waals surface area (Å²) in [6, 6.07) is 22.0. The highest BCUT2D eigenvalue weighted by Gasteiger charge is 2.12. The molecule has 3 N–H and O–H groups in total. The Bertz CT molecular complexity index is 1170. The number of carbonyl (C=O) groups excluding carboxylic acids is 1. The van der Waals surface area contributed by atoms with Crippen LogP contribution in [0.4, 0.5) is 5.69 Å². The van der Waals surface area contributed by atoms with Gasteiger partial charge in [-0.1, -0.05) is 12.1 Å². The highest BCUT2D eigenvalue weighted by atomic mass is 32.1. The Morgan fingerprint density at radius 1 is 1.03 bits per heavy atom. The molecule has 158 valence electrons. The van der Waals surface area contributed by atoms with Crippen LogP contribution in [0.15, 0.2) is 78.2 Å². The lowest BCUT2D eigenvalue weighted by molar-refractivity contribution is 0.0927. The number of hydrogen-bond donors (Lipinski definition) is 3. The predicted molar refractivity (Wildman–Crippen MR) is 123 cm³/mol. The van der Waals surface area contributed by atoms with Gasteiger partial charge < -0.3 is 25.2 Å². The summed E-state index contributed by atoms with van der Waals surface area (Å²) in [5.41, 5.74) is 1.17. The minimum absolute atomic E-state index is 0.0391. The van der Waals surface area contributed by atoms with Gasteiger partial charge in [-0.15, -0.1) is 11.3 Å². The average molecular weight is 435 g/mol. The monoisotopic (exact) mass is 434 g/mol. The maximum Gasteiger partial charge on any atom is 0.251 e. The Balaban J connectivity index is 1.36. The van der Waals surface area contributed by atoms with Crippen LogP contribution in [-0.2, 0) is 0 Å². The van der Waals surface area contributed by atoms with E-state index in [9.17, 15) is 9.90 Å². The van der Waals surface area contributed by atoms with Crippen molar-refractivity contribution in [2.75, 3.05) is 19.0 Å². The van der Waals surface area contributed by atoms with Crippen LogP contribution in [0.5, 0.6) is 17.2 Å². The molecule has 0 aliphatic carbocycles. The fourth-order valence-electron chi connectivity index (χ4n) is 3.08. The third-order valence-electron chi connectivity index (χ3n) is 4.67. The summed E-state index contributed by atoms with van der Waals surface area (Å²) in [5, 5.41) is 19.2. The second-order valence-electron chi connectivity index (χ2n) is 6.82. The molecule has 1 unspecified atom stereocenters. The Kier molecular flexibility index (Phi) is 6.35. The number of fused-ring (bicyclic) bond motifs is 1. The van der Waals surface area contributed by atoms with E-state index in [2.05, 4.69) is 10.6 Å². The van der Waals surface area contributed by atoms with Gasteiger partial charge in [0.2, 0.25) is 0 Å². The van der Waals surface area contributed by atoms with Crippen LogP contribution >= 0.6 is 11.3 Å². The van der Waals surface area contributed by atoms with E-state index in [1.54, 1.807) is 48.8 Å². The number of methoxy groups -OCH3 is 1. The first-order chi connectivity index (χ1) is 15.1. The molecule has 1 atom stereocenters. The maximum atomic E-state index is 12.4. The summed E-state index contributed by atoms with van der Waals surface area (Å²) in [7, 11) is 1.61. The number of aliphatic hydroxyl groups excluding tert-OH is 1. The molecule has 0 aliphatic rings. The van der Waals surface area contributed by atoms with Gasteiger partial charge in [-0.3, -0.25) is 4.79 Å². The van der Waals surface area contributed by atoms with Gasteiger partial charge in [0.15, 0.2) is 5.75 Å². The molecule has 7 heteroatoms. The first-order valence-electron chi connectivity index (χ1n) is 9.73. The number of benzene rings is 3. The Labute approximate surface area is 184 Å². The molecule has 3 aromatic carbocycles. The number of amides is 1. The van der Waals surface area contributed by atoms with Crippen LogP contribution in [0.3, 0.4) is 0 Å². The zero-order chi connectivity index (χ0) is 21.6. The first kappa shape index (κ1) is 20.7. The number of carbonyl (C=O) groups is 1. The molecule has 4 rings (SSSR count). The molecule has 0 fully saturated rings. The van der Waals surface area contributed by atoms with Crippen molar-refractivity contribution in [2.45, 2.75) is 6.23 Å². The maximum absolute atomic E-state index is 12.4. The van der Waals surface area contributed by atoms with E-state index in [-0.39, 0.29) is 12.5 Å². The standard InChI is InChI=1S/C24H22N2O4S/c1-29-18-7-9-19(10-8-18)30-21-5-3-2-4-20(21)26-23(27)15-25-24(28)17-6-11-22-16(14-17)12-13-31-22/h2-14,23,26-27H,15H2,1H3,(H,25,28). The van der Waals surface area contributed by atoms with Crippen LogP contribution in [0.1, 0.15) is 10.4 Å². The van der Waals surface area contributed by atoms with E-state index >= 15 is 0 Å². The second-order valence-corrected chi connectivity index (χ2v) is 7.76. The van der Waals surface area contributed by atoms with E-state index < -0.39 is 6.23 Å². The number of thiophene rings is 1. The Morgan fingerprint density at radius 3 is 2.61 bits per heavy atom. The molecule has 4 aromatic rings. The molecule has 1 amide bonds. The van der Waals surface area contributed by atoms with Gasteiger partial charge in [0.25, 0.3) is 5.91 Å². The molecule has 1 heterocycles. The van der Waals surface area contributed by atoms with E-state index in [4.69, 9.17) is 9.47 Å². The minimum atomic E-state index is -0.991. The largest absolute Gasteiger partial charge is 0.497 e. The predicted octanol–water partition coefficient (Wildman–Crippen LogP) is 4.86. The third kappa shape index (κ3) is 5.14. The molecule has 0 radical (unpaired) electrons. The van der Waals surface area contributed by atoms with Crippen LogP contribution in [0.2, 0.25) is 0 Å². The summed E-state index contributed by atoms with van der Waals surface area (Å²) in [4.78, 5) is 12.4. The SMILES string of the molecule is COc1ccc(Oc2ccccc2NC(O)CNC(=O)c2ccc3sccc3c2)cc1. The highest BCUT2D eigenvalue weighted by molar-refractivity contribution is 7.17. The van der Waals surface area contributed by atoms with Crippen molar-refractivity contribution in [3.05, 3.63) is 83.7 Å². The van der Waals surface area contributed by atoms with Crippen molar-refractivity contribution < 1.29 is 19.4 Å². The number of rotatable bonds is 8. The Morgan fingerprint density at radius 2 is 1.81 bits per heavy atom. The van der Waals surface area contributed by atoms with Gasteiger partial charge in [-0.05, 0) is 71.4 Å². The summed E-state index contributed by atoms with van der Waals surface area (Å²) in [6.07, 6.45) is -0.991. The van der Waals surface area contributed by atoms with Gasteiger partial charge in [-0.25, -0.2) is 0 Å². The van der Waals surface area contributed by atoms with Crippen molar-refractivity contribution in [1.29, 1.82) is 0 Å². The smallest absolute Gasteiger partial charge is 0.251 e. The Hall–Kier alpha value is -3.55. The third-order valence-corrected chi connectivity index (χ3v) is 5.56. The van der Waals surface area contributed by atoms with Crippen LogP contribution < -0.4 is 20.1 Å². The summed E-state index contributed by atoms with van der Waals surface area (Å²) in [6.45, 7) is 0.0391. The molecule has 31 heavy (non-hydrogen) atoms. The number of para-hydroxylation sites is 2. The zero-order valence-corrected chi connectivity index (χ0v) is 17.7. The van der Waals surface area contributed by atoms with E-state index in [0.29, 0.717) is 22.7 Å². The van der Waals surface area contributed by atoms with Gasteiger partial charge >= 0.3 is 0 Å². The number of hydrogen-bond acceptors (Lipinski definition) is 6. The summed E-state index contributed by atoms with van der Waals surface area (Å²) >= 11 is 1.63. The zero-order valence-electron chi connectivity index (χ0n) is 16.9. The van der Waals surface area contributed by atoms with Crippen molar-refractivity contribution in [2.24, 2.45) is 0 Å². The molecule has 0 saturated carbocycles. The number of anilines is 1. The van der Waals surface area contributed by atoms with E-state index in [1.165, 1.54) is 0 Å². The molecular weight excluding hydrogens is 412 g/mol. The lowest BCUT2D eigenvalue weighted by Crippen LogP contribution is -2.36. The van der Waals surface area contributed by atoms with E-state index in [1.807, 2.05) is 47.8 Å². The number of ether oxygens (including phenoxy) is 2. The number of nitrogens with one attached hydrogen (secondary N) is 2. The van der Waals surface area contributed by atoms with Gasteiger partial charge in [-0.2, -0.15) is 0 Å². The molecule has 0 bridgehead atoms. The van der Waals surface area contributed by atoms with E-state index in [0.717, 1.165) is 15.8 Å². The van der Waals surface area contributed by atoms with Crippen molar-refractivity contribution in [1.82, 2.24) is 5.32 Å². The van der Waals surface area contributed by atoms with Crippen molar-refractivity contribution >= 4 is 33.0 Å². The fourth-order valence-corrected chi connectivity index (χ4v) is 3.85. The molecule has 0 aliphatic heterocycles.